The average Bonchev–Trinajstić information content (AvgIpc) is 2.56. The van der Waals surface area contributed by atoms with Gasteiger partial charge in [0.25, 0.3) is 0 Å². The zero-order valence-corrected chi connectivity index (χ0v) is 10.1. The topological polar surface area (TPSA) is 60.9 Å². The minimum Gasteiger partial charge on any atom is -0.481 e. The van der Waals surface area contributed by atoms with Crippen molar-refractivity contribution in [2.24, 2.45) is 11.8 Å². The Morgan fingerprint density at radius 1 is 1.39 bits per heavy atom. The molecule has 18 heavy (non-hydrogen) atoms. The summed E-state index contributed by atoms with van der Waals surface area (Å²) >= 11 is 0. The van der Waals surface area contributed by atoms with E-state index in [2.05, 4.69) is 0 Å². The number of likely N-dealkylation sites (tertiary alicyclic amines) is 1. The number of halogens is 3. The lowest BCUT2D eigenvalue weighted by Gasteiger charge is -2.25. The van der Waals surface area contributed by atoms with Crippen LogP contribution in [0.25, 0.3) is 0 Å². The number of alkyl halides is 3. The lowest BCUT2D eigenvalue weighted by molar-refractivity contribution is -0.142. The number of urea groups is 1. The molecular formula is C10H15F3N2O3. The van der Waals surface area contributed by atoms with Crippen molar-refractivity contribution in [2.75, 3.05) is 26.7 Å². The first-order valence-corrected chi connectivity index (χ1v) is 5.41. The Kier molecular flexibility index (Phi) is 4.08. The SMILES string of the molecule is CC1CN(C(=O)N(C)CC(F)(F)F)CC1C(=O)O. The Bertz CT molecular complexity index is 346. The fraction of sp³-hybridized carbons (Fsp3) is 0.800. The van der Waals surface area contributed by atoms with Crippen molar-refractivity contribution in [3.63, 3.8) is 0 Å². The molecule has 2 atom stereocenters. The molecule has 0 saturated carbocycles. The number of hydrogen-bond acceptors (Lipinski definition) is 2. The first-order valence-electron chi connectivity index (χ1n) is 5.41. The van der Waals surface area contributed by atoms with E-state index in [0.717, 1.165) is 11.9 Å². The highest BCUT2D eigenvalue weighted by molar-refractivity contribution is 5.77. The van der Waals surface area contributed by atoms with Crippen LogP contribution in [-0.4, -0.2) is 59.8 Å². The van der Waals surface area contributed by atoms with Gasteiger partial charge in [0.05, 0.1) is 5.92 Å². The summed E-state index contributed by atoms with van der Waals surface area (Å²) in [6.07, 6.45) is -4.46. The predicted molar refractivity (Wildman–Crippen MR) is 55.9 cm³/mol. The number of hydrogen-bond donors (Lipinski definition) is 1. The summed E-state index contributed by atoms with van der Waals surface area (Å²) in [5.74, 6) is -2.00. The molecule has 0 bridgehead atoms. The molecule has 0 radical (unpaired) electrons. The van der Waals surface area contributed by atoms with Crippen LogP contribution in [0.3, 0.4) is 0 Å². The van der Waals surface area contributed by atoms with E-state index in [9.17, 15) is 22.8 Å². The number of carboxylic acids is 1. The lowest BCUT2D eigenvalue weighted by atomic mass is 9.99. The largest absolute Gasteiger partial charge is 0.481 e. The molecule has 8 heteroatoms. The number of carbonyl (C=O) groups is 2. The molecule has 1 rings (SSSR count). The summed E-state index contributed by atoms with van der Waals surface area (Å²) in [7, 11) is 1.05. The quantitative estimate of drug-likeness (QED) is 0.820. The highest BCUT2D eigenvalue weighted by Crippen LogP contribution is 2.25. The average molecular weight is 268 g/mol. The van der Waals surface area contributed by atoms with Crippen LogP contribution in [0.1, 0.15) is 6.92 Å². The smallest absolute Gasteiger partial charge is 0.406 e. The third-order valence-corrected chi connectivity index (χ3v) is 2.94. The van der Waals surface area contributed by atoms with Gasteiger partial charge in [-0.15, -0.1) is 0 Å². The second kappa shape index (κ2) is 5.03. The van der Waals surface area contributed by atoms with E-state index in [0.29, 0.717) is 4.90 Å². The molecule has 0 aromatic carbocycles. The van der Waals surface area contributed by atoms with Crippen LogP contribution in [0.4, 0.5) is 18.0 Å². The minimum absolute atomic E-state index is 0.0441. The highest BCUT2D eigenvalue weighted by atomic mass is 19.4. The fourth-order valence-electron chi connectivity index (χ4n) is 2.02. The molecule has 1 aliphatic heterocycles. The van der Waals surface area contributed by atoms with E-state index in [1.165, 1.54) is 0 Å². The molecular weight excluding hydrogens is 253 g/mol. The molecule has 1 N–H and O–H groups in total. The molecule has 0 aromatic rings. The third-order valence-electron chi connectivity index (χ3n) is 2.94. The Hall–Kier alpha value is -1.47. The molecule has 1 heterocycles. The molecule has 0 aliphatic carbocycles. The van der Waals surface area contributed by atoms with Crippen LogP contribution in [0.5, 0.6) is 0 Å². The molecule has 5 nitrogen and oxygen atoms in total. The second-order valence-corrected chi connectivity index (χ2v) is 4.58. The van der Waals surface area contributed by atoms with Gasteiger partial charge in [-0.1, -0.05) is 6.92 Å². The molecule has 1 saturated heterocycles. The van der Waals surface area contributed by atoms with E-state index in [4.69, 9.17) is 5.11 Å². The minimum atomic E-state index is -4.46. The summed E-state index contributed by atoms with van der Waals surface area (Å²) < 4.78 is 36.4. The maximum Gasteiger partial charge on any atom is 0.406 e. The summed E-state index contributed by atoms with van der Waals surface area (Å²) in [5, 5.41) is 8.88. The number of rotatable bonds is 2. The molecule has 0 aromatic heterocycles. The zero-order valence-electron chi connectivity index (χ0n) is 10.1. The van der Waals surface area contributed by atoms with Gasteiger partial charge in [-0.3, -0.25) is 4.79 Å². The van der Waals surface area contributed by atoms with Gasteiger partial charge in [0.2, 0.25) is 0 Å². The van der Waals surface area contributed by atoms with Crippen molar-refractivity contribution < 1.29 is 27.9 Å². The predicted octanol–water partition coefficient (Wildman–Crippen LogP) is 1.25. The lowest BCUT2D eigenvalue weighted by Crippen LogP contribution is -2.44. The van der Waals surface area contributed by atoms with Crippen LogP contribution in [0.2, 0.25) is 0 Å². The molecule has 0 spiro atoms. The number of amides is 2. The normalized spacial score (nSPS) is 24.2. The van der Waals surface area contributed by atoms with Gasteiger partial charge in [-0.05, 0) is 5.92 Å². The number of carbonyl (C=O) groups excluding carboxylic acids is 1. The third kappa shape index (κ3) is 3.51. The summed E-state index contributed by atoms with van der Waals surface area (Å²) in [5.41, 5.74) is 0. The van der Waals surface area contributed by atoms with E-state index in [1.807, 2.05) is 0 Å². The van der Waals surface area contributed by atoms with Gasteiger partial charge in [0.1, 0.15) is 6.54 Å². The van der Waals surface area contributed by atoms with E-state index in [1.54, 1.807) is 6.92 Å². The van der Waals surface area contributed by atoms with Crippen molar-refractivity contribution in [1.29, 1.82) is 0 Å². The summed E-state index contributed by atoms with van der Waals surface area (Å²) in [6.45, 7) is 0.444. The van der Waals surface area contributed by atoms with Crippen molar-refractivity contribution in [1.82, 2.24) is 9.80 Å². The number of nitrogens with zero attached hydrogens (tertiary/aromatic N) is 2. The van der Waals surface area contributed by atoms with E-state index in [-0.39, 0.29) is 19.0 Å². The van der Waals surface area contributed by atoms with Crippen molar-refractivity contribution in [3.05, 3.63) is 0 Å². The second-order valence-electron chi connectivity index (χ2n) is 4.58. The van der Waals surface area contributed by atoms with E-state index < -0.39 is 30.6 Å². The zero-order chi connectivity index (χ0) is 14.1. The van der Waals surface area contributed by atoms with Gasteiger partial charge in [0, 0.05) is 20.1 Å². The van der Waals surface area contributed by atoms with Crippen LogP contribution < -0.4 is 0 Å². The fourth-order valence-corrected chi connectivity index (χ4v) is 2.02. The van der Waals surface area contributed by atoms with Crippen LogP contribution >= 0.6 is 0 Å². The summed E-state index contributed by atoms with van der Waals surface area (Å²) in [4.78, 5) is 24.2. The number of carboxylic acid groups (broad SMARTS) is 1. The Labute approximate surface area is 102 Å². The molecule has 2 amide bonds. The standard InChI is InChI=1S/C10H15F3N2O3/c1-6-3-15(4-7(6)8(16)17)9(18)14(2)5-10(11,12)13/h6-7H,3-5H2,1-2H3,(H,16,17). The maximum atomic E-state index is 12.1. The molecule has 1 aliphatic rings. The Morgan fingerprint density at radius 2 is 1.94 bits per heavy atom. The van der Waals surface area contributed by atoms with Crippen molar-refractivity contribution in [2.45, 2.75) is 13.1 Å². The van der Waals surface area contributed by atoms with Gasteiger partial charge in [-0.25, -0.2) is 4.79 Å². The van der Waals surface area contributed by atoms with Gasteiger partial charge >= 0.3 is 18.2 Å². The van der Waals surface area contributed by atoms with Crippen molar-refractivity contribution in [3.8, 4) is 0 Å². The van der Waals surface area contributed by atoms with Crippen LogP contribution in [0, 0.1) is 11.8 Å². The first-order chi connectivity index (χ1) is 8.11. The maximum absolute atomic E-state index is 12.1. The van der Waals surface area contributed by atoms with Gasteiger partial charge in [0.15, 0.2) is 0 Å². The monoisotopic (exact) mass is 268 g/mol. The Balaban J connectivity index is 2.62. The molecule has 1 fully saturated rings. The van der Waals surface area contributed by atoms with Gasteiger partial charge in [-0.2, -0.15) is 13.2 Å². The highest BCUT2D eigenvalue weighted by Gasteiger charge is 2.39. The molecule has 104 valence electrons. The van der Waals surface area contributed by atoms with Crippen LogP contribution in [0.15, 0.2) is 0 Å². The van der Waals surface area contributed by atoms with E-state index >= 15 is 0 Å². The first kappa shape index (κ1) is 14.6. The molecule has 2 unspecified atom stereocenters. The van der Waals surface area contributed by atoms with Gasteiger partial charge < -0.3 is 14.9 Å². The van der Waals surface area contributed by atoms with Crippen molar-refractivity contribution >= 4 is 12.0 Å². The number of aliphatic carboxylic acids is 1. The summed E-state index contributed by atoms with van der Waals surface area (Å²) in [6, 6.07) is -0.789. The Morgan fingerprint density at radius 3 is 2.33 bits per heavy atom. The van der Waals surface area contributed by atoms with Crippen LogP contribution in [-0.2, 0) is 4.79 Å².